The molecule has 1 aromatic carbocycles. The molecule has 0 radical (unpaired) electrons. The van der Waals surface area contributed by atoms with Crippen molar-refractivity contribution in [2.45, 2.75) is 0 Å². The third-order valence-electron chi connectivity index (χ3n) is 2.46. The summed E-state index contributed by atoms with van der Waals surface area (Å²) in [5.41, 5.74) is 0.842. The van der Waals surface area contributed by atoms with Crippen molar-refractivity contribution in [3.05, 3.63) is 28.1 Å². The molecule has 0 aliphatic heterocycles. The van der Waals surface area contributed by atoms with E-state index in [4.69, 9.17) is 16.3 Å². The molecule has 2 aromatic heterocycles. The summed E-state index contributed by atoms with van der Waals surface area (Å²) in [7, 11) is 1.65. The molecule has 86 valence electrons. The topological polar surface area (TPSA) is 35.0 Å². The SMILES string of the molecule is COc1cc(Br)cc2sc3c(Cl)ncnc3c12. The number of methoxy groups -OCH3 is 1. The fourth-order valence-corrected chi connectivity index (χ4v) is 3.69. The summed E-state index contributed by atoms with van der Waals surface area (Å²) in [6, 6.07) is 3.95. The molecule has 2 heterocycles. The largest absolute Gasteiger partial charge is 0.496 e. The minimum absolute atomic E-state index is 0.481. The molecule has 0 saturated heterocycles. The van der Waals surface area contributed by atoms with Crippen LogP contribution >= 0.6 is 38.9 Å². The first-order valence-electron chi connectivity index (χ1n) is 4.77. The average Bonchev–Trinajstić information content (AvgIpc) is 2.68. The molecule has 0 spiro atoms. The molecule has 0 atom stereocenters. The van der Waals surface area contributed by atoms with Crippen molar-refractivity contribution < 1.29 is 4.74 Å². The lowest BCUT2D eigenvalue weighted by Crippen LogP contribution is -1.85. The van der Waals surface area contributed by atoms with Gasteiger partial charge < -0.3 is 4.74 Å². The molecule has 17 heavy (non-hydrogen) atoms. The molecule has 0 N–H and O–H groups in total. The van der Waals surface area contributed by atoms with Crippen LogP contribution in [0.25, 0.3) is 20.3 Å². The van der Waals surface area contributed by atoms with E-state index in [1.807, 2.05) is 12.1 Å². The normalized spacial score (nSPS) is 11.2. The second-order valence-corrected chi connectivity index (χ2v) is 5.75. The molecule has 3 nitrogen and oxygen atoms in total. The Hall–Kier alpha value is -0.910. The minimum atomic E-state index is 0.481. The van der Waals surface area contributed by atoms with Gasteiger partial charge in [0.1, 0.15) is 17.2 Å². The first-order chi connectivity index (χ1) is 8.20. The number of rotatable bonds is 1. The Morgan fingerprint density at radius 3 is 2.94 bits per heavy atom. The summed E-state index contributed by atoms with van der Waals surface area (Å²) < 4.78 is 8.32. The molecule has 0 unspecified atom stereocenters. The first kappa shape index (κ1) is 11.2. The van der Waals surface area contributed by atoms with Gasteiger partial charge in [-0.3, -0.25) is 0 Å². The fraction of sp³-hybridized carbons (Fsp3) is 0.0909. The van der Waals surface area contributed by atoms with Gasteiger partial charge >= 0.3 is 0 Å². The number of thiophene rings is 1. The zero-order valence-electron chi connectivity index (χ0n) is 8.70. The predicted molar refractivity (Wildman–Crippen MR) is 74.2 cm³/mol. The van der Waals surface area contributed by atoms with Gasteiger partial charge in [0.05, 0.1) is 22.7 Å². The van der Waals surface area contributed by atoms with Crippen molar-refractivity contribution in [1.29, 1.82) is 0 Å². The quantitative estimate of drug-likeness (QED) is 0.625. The van der Waals surface area contributed by atoms with Gasteiger partial charge in [-0.2, -0.15) is 0 Å². The van der Waals surface area contributed by atoms with Crippen molar-refractivity contribution in [2.75, 3.05) is 7.11 Å². The Bertz CT molecular complexity index is 728. The first-order valence-corrected chi connectivity index (χ1v) is 6.75. The van der Waals surface area contributed by atoms with E-state index in [0.717, 1.165) is 30.5 Å². The second-order valence-electron chi connectivity index (χ2n) is 3.43. The predicted octanol–water partition coefficient (Wildman–Crippen LogP) is 4.27. The molecule has 0 aliphatic carbocycles. The van der Waals surface area contributed by atoms with Gasteiger partial charge in [0, 0.05) is 9.17 Å². The molecule has 0 bridgehead atoms. The molecule has 0 aliphatic rings. The number of hydrogen-bond donors (Lipinski definition) is 0. The van der Waals surface area contributed by atoms with Crippen LogP contribution in [0, 0.1) is 0 Å². The number of halogens is 2. The summed E-state index contributed by atoms with van der Waals surface area (Å²) in [5, 5.41) is 1.47. The van der Waals surface area contributed by atoms with E-state index in [1.54, 1.807) is 18.4 Å². The maximum atomic E-state index is 6.07. The average molecular weight is 330 g/mol. The standard InChI is InChI=1S/C11H6BrClN2OS/c1-16-6-2-5(12)3-7-8(6)9-10(17-7)11(13)15-4-14-9/h2-4H,1H3. The van der Waals surface area contributed by atoms with Crippen molar-refractivity contribution in [3.8, 4) is 5.75 Å². The molecule has 3 aromatic rings. The Morgan fingerprint density at radius 2 is 2.18 bits per heavy atom. The lowest BCUT2D eigenvalue weighted by molar-refractivity contribution is 0.420. The molecule has 6 heteroatoms. The maximum absolute atomic E-state index is 6.07. The lowest BCUT2D eigenvalue weighted by atomic mass is 10.2. The summed E-state index contributed by atoms with van der Waals surface area (Å²) in [6.45, 7) is 0. The highest BCUT2D eigenvalue weighted by Gasteiger charge is 2.14. The van der Waals surface area contributed by atoms with E-state index in [2.05, 4.69) is 25.9 Å². The summed E-state index contributed by atoms with van der Waals surface area (Å²) in [4.78, 5) is 8.28. The molecule has 0 saturated carbocycles. The number of ether oxygens (including phenoxy) is 1. The number of hydrogen-bond acceptors (Lipinski definition) is 4. The van der Waals surface area contributed by atoms with Crippen LogP contribution in [0.2, 0.25) is 5.15 Å². The Morgan fingerprint density at radius 1 is 1.35 bits per heavy atom. The van der Waals surface area contributed by atoms with Gasteiger partial charge in [0.15, 0.2) is 0 Å². The van der Waals surface area contributed by atoms with Crippen molar-refractivity contribution in [3.63, 3.8) is 0 Å². The zero-order valence-corrected chi connectivity index (χ0v) is 11.9. The fourth-order valence-electron chi connectivity index (χ4n) is 1.76. The molecular weight excluding hydrogens is 324 g/mol. The highest BCUT2D eigenvalue weighted by molar-refractivity contribution is 9.10. The van der Waals surface area contributed by atoms with E-state index in [9.17, 15) is 0 Å². The van der Waals surface area contributed by atoms with Gasteiger partial charge in [-0.05, 0) is 12.1 Å². The van der Waals surface area contributed by atoms with Gasteiger partial charge in [0.25, 0.3) is 0 Å². The van der Waals surface area contributed by atoms with Gasteiger partial charge in [-0.25, -0.2) is 9.97 Å². The van der Waals surface area contributed by atoms with Crippen LogP contribution in [0.4, 0.5) is 0 Å². The third-order valence-corrected chi connectivity index (χ3v) is 4.45. The van der Waals surface area contributed by atoms with E-state index in [-0.39, 0.29) is 0 Å². The molecule has 0 fully saturated rings. The van der Waals surface area contributed by atoms with Crippen LogP contribution in [0.5, 0.6) is 5.75 Å². The summed E-state index contributed by atoms with van der Waals surface area (Å²) >= 11 is 11.1. The maximum Gasteiger partial charge on any atom is 0.150 e. The van der Waals surface area contributed by atoms with Gasteiger partial charge in [0.2, 0.25) is 0 Å². The third kappa shape index (κ3) is 1.69. The van der Waals surface area contributed by atoms with Crippen molar-refractivity contribution in [2.24, 2.45) is 0 Å². The molecular formula is C11H6BrClN2OS. The summed E-state index contributed by atoms with van der Waals surface area (Å²) in [6.07, 6.45) is 1.47. The van der Waals surface area contributed by atoms with Crippen molar-refractivity contribution >= 4 is 59.2 Å². The Labute approximate surface area is 115 Å². The van der Waals surface area contributed by atoms with Crippen LogP contribution < -0.4 is 4.74 Å². The summed E-state index contributed by atoms with van der Waals surface area (Å²) in [5.74, 6) is 0.787. The van der Waals surface area contributed by atoms with Crippen LogP contribution in [0.1, 0.15) is 0 Å². The van der Waals surface area contributed by atoms with Gasteiger partial charge in [-0.15, -0.1) is 11.3 Å². The highest BCUT2D eigenvalue weighted by atomic mass is 79.9. The Kier molecular flexibility index (Phi) is 2.69. The Balaban J connectivity index is 2.56. The van der Waals surface area contributed by atoms with Crippen LogP contribution in [0.3, 0.4) is 0 Å². The molecule has 0 amide bonds. The number of fused-ring (bicyclic) bond motifs is 3. The van der Waals surface area contributed by atoms with Gasteiger partial charge in [-0.1, -0.05) is 27.5 Å². The lowest BCUT2D eigenvalue weighted by Gasteiger charge is -2.02. The van der Waals surface area contributed by atoms with Crippen molar-refractivity contribution in [1.82, 2.24) is 9.97 Å². The monoisotopic (exact) mass is 328 g/mol. The minimum Gasteiger partial charge on any atom is -0.496 e. The van der Waals surface area contributed by atoms with Crippen LogP contribution in [-0.4, -0.2) is 17.1 Å². The number of aromatic nitrogens is 2. The van der Waals surface area contributed by atoms with Crippen LogP contribution in [-0.2, 0) is 0 Å². The van der Waals surface area contributed by atoms with E-state index in [0.29, 0.717) is 5.15 Å². The van der Waals surface area contributed by atoms with E-state index in [1.165, 1.54) is 6.33 Å². The smallest absolute Gasteiger partial charge is 0.150 e. The number of benzene rings is 1. The highest BCUT2D eigenvalue weighted by Crippen LogP contribution is 2.41. The van der Waals surface area contributed by atoms with E-state index >= 15 is 0 Å². The zero-order chi connectivity index (χ0) is 12.0. The second kappa shape index (κ2) is 4.08. The van der Waals surface area contributed by atoms with E-state index < -0.39 is 0 Å². The molecule has 3 rings (SSSR count). The van der Waals surface area contributed by atoms with Crippen LogP contribution in [0.15, 0.2) is 22.9 Å². The number of nitrogens with zero attached hydrogens (tertiary/aromatic N) is 2.